The Kier molecular flexibility index (Phi) is 6.95. The van der Waals surface area contributed by atoms with Gasteiger partial charge >= 0.3 is 11.8 Å². The van der Waals surface area contributed by atoms with Crippen molar-refractivity contribution in [1.29, 1.82) is 0 Å². The summed E-state index contributed by atoms with van der Waals surface area (Å²) in [7, 11) is -0.967. The Balaban J connectivity index is 3.62. The maximum atomic E-state index is 11.0. The van der Waals surface area contributed by atoms with E-state index in [2.05, 4.69) is 10.6 Å². The summed E-state index contributed by atoms with van der Waals surface area (Å²) < 4.78 is 10.6. The molecule has 82 valence electrons. The van der Waals surface area contributed by atoms with Crippen molar-refractivity contribution in [3.8, 4) is 0 Å². The van der Waals surface area contributed by atoms with E-state index in [1.165, 1.54) is 6.26 Å². The lowest BCUT2D eigenvalue weighted by Gasteiger charge is -2.04. The molecule has 6 nitrogen and oxygen atoms in total. The summed E-state index contributed by atoms with van der Waals surface area (Å²) in [6.07, 6.45) is 1.53. The Bertz CT molecular complexity index is 232. The fourth-order valence-electron chi connectivity index (χ4n) is 0.655. The molecule has 0 radical (unpaired) electrons. The fraction of sp³-hybridized carbons (Fsp3) is 0.714. The standard InChI is InChI=1S/C7H15N3O3S/c1-14(13)5-4-10-7(12)6(11)9-3-2-8/h2-5,8H2,1H3,(H,9,11)(H,10,12). The van der Waals surface area contributed by atoms with Crippen molar-refractivity contribution in [2.45, 2.75) is 0 Å². The van der Waals surface area contributed by atoms with Gasteiger partial charge in [0.05, 0.1) is 0 Å². The van der Waals surface area contributed by atoms with Gasteiger partial charge in [-0.15, -0.1) is 0 Å². The van der Waals surface area contributed by atoms with Crippen LogP contribution in [-0.4, -0.2) is 47.7 Å². The SMILES string of the molecule is CS(=O)CCNC(=O)C(=O)NCCN. The van der Waals surface area contributed by atoms with Crippen molar-refractivity contribution in [2.24, 2.45) is 5.73 Å². The second kappa shape index (κ2) is 7.45. The van der Waals surface area contributed by atoms with Crippen molar-refractivity contribution in [1.82, 2.24) is 10.6 Å². The van der Waals surface area contributed by atoms with Gasteiger partial charge in [-0.1, -0.05) is 0 Å². The van der Waals surface area contributed by atoms with Crippen LogP contribution in [0.3, 0.4) is 0 Å². The number of hydrogen-bond acceptors (Lipinski definition) is 4. The molecule has 0 bridgehead atoms. The summed E-state index contributed by atoms with van der Waals surface area (Å²) in [4.78, 5) is 21.9. The van der Waals surface area contributed by atoms with Gasteiger partial charge in [0.25, 0.3) is 0 Å². The minimum absolute atomic E-state index is 0.234. The molecule has 0 heterocycles. The molecule has 0 saturated carbocycles. The van der Waals surface area contributed by atoms with E-state index >= 15 is 0 Å². The molecule has 0 aromatic carbocycles. The van der Waals surface area contributed by atoms with E-state index in [9.17, 15) is 13.8 Å². The highest BCUT2D eigenvalue weighted by atomic mass is 32.2. The van der Waals surface area contributed by atoms with Crippen LogP contribution < -0.4 is 16.4 Å². The second-order valence-electron chi connectivity index (χ2n) is 2.58. The number of nitrogens with two attached hydrogens (primary N) is 1. The average molecular weight is 221 g/mol. The zero-order valence-corrected chi connectivity index (χ0v) is 8.86. The molecule has 1 unspecified atom stereocenters. The van der Waals surface area contributed by atoms with Gasteiger partial charge in [-0.3, -0.25) is 13.8 Å². The molecular weight excluding hydrogens is 206 g/mol. The van der Waals surface area contributed by atoms with Gasteiger partial charge in [0.2, 0.25) is 0 Å². The van der Waals surface area contributed by atoms with Crippen LogP contribution >= 0.6 is 0 Å². The molecular formula is C7H15N3O3S. The third-order valence-electron chi connectivity index (χ3n) is 1.31. The monoisotopic (exact) mass is 221 g/mol. The highest BCUT2D eigenvalue weighted by molar-refractivity contribution is 7.84. The van der Waals surface area contributed by atoms with E-state index in [0.29, 0.717) is 5.75 Å². The van der Waals surface area contributed by atoms with Gasteiger partial charge in [-0.25, -0.2) is 0 Å². The summed E-state index contributed by atoms with van der Waals surface area (Å²) >= 11 is 0. The number of rotatable bonds is 5. The maximum absolute atomic E-state index is 11.0. The predicted octanol–water partition coefficient (Wildman–Crippen LogP) is -2.44. The molecule has 0 fully saturated rings. The summed E-state index contributed by atoms with van der Waals surface area (Å²) in [5, 5.41) is 4.66. The van der Waals surface area contributed by atoms with Crippen molar-refractivity contribution >= 4 is 22.6 Å². The predicted molar refractivity (Wildman–Crippen MR) is 54.0 cm³/mol. The van der Waals surface area contributed by atoms with E-state index < -0.39 is 22.6 Å². The van der Waals surface area contributed by atoms with E-state index in [1.807, 2.05) is 0 Å². The van der Waals surface area contributed by atoms with Crippen LogP contribution in [0.1, 0.15) is 0 Å². The first-order chi connectivity index (χ1) is 6.57. The molecule has 0 aromatic rings. The Morgan fingerprint density at radius 1 is 1.21 bits per heavy atom. The van der Waals surface area contributed by atoms with Crippen LogP contribution in [-0.2, 0) is 20.4 Å². The quantitative estimate of drug-likeness (QED) is 0.449. The number of hydrogen-bond donors (Lipinski definition) is 3. The van der Waals surface area contributed by atoms with Gasteiger partial charge < -0.3 is 16.4 Å². The number of nitrogens with one attached hydrogen (secondary N) is 2. The minimum atomic E-state index is -0.967. The van der Waals surface area contributed by atoms with Gasteiger partial charge in [0, 0.05) is 42.4 Å². The molecule has 0 aromatic heterocycles. The van der Waals surface area contributed by atoms with Gasteiger partial charge in [-0.05, 0) is 0 Å². The summed E-state index contributed by atoms with van der Waals surface area (Å²) in [6, 6.07) is 0. The first-order valence-electron chi connectivity index (χ1n) is 4.14. The molecule has 7 heteroatoms. The highest BCUT2D eigenvalue weighted by Crippen LogP contribution is 1.73. The Morgan fingerprint density at radius 3 is 2.14 bits per heavy atom. The first-order valence-corrected chi connectivity index (χ1v) is 5.86. The molecule has 0 saturated heterocycles. The molecule has 0 rings (SSSR count). The Morgan fingerprint density at radius 2 is 1.71 bits per heavy atom. The van der Waals surface area contributed by atoms with E-state index in [-0.39, 0.29) is 19.6 Å². The normalized spacial score (nSPS) is 11.9. The van der Waals surface area contributed by atoms with Crippen LogP contribution in [0.5, 0.6) is 0 Å². The first kappa shape index (κ1) is 13.1. The van der Waals surface area contributed by atoms with E-state index in [0.717, 1.165) is 0 Å². The maximum Gasteiger partial charge on any atom is 0.309 e. The Hall–Kier alpha value is -0.950. The third-order valence-corrected chi connectivity index (χ3v) is 2.09. The van der Waals surface area contributed by atoms with Crippen LogP contribution in [0.4, 0.5) is 0 Å². The van der Waals surface area contributed by atoms with Crippen molar-refractivity contribution in [2.75, 3.05) is 31.6 Å². The zero-order chi connectivity index (χ0) is 11.0. The lowest BCUT2D eigenvalue weighted by Crippen LogP contribution is -2.42. The van der Waals surface area contributed by atoms with Gasteiger partial charge in [0.1, 0.15) is 0 Å². The van der Waals surface area contributed by atoms with Crippen molar-refractivity contribution < 1.29 is 13.8 Å². The fourth-order valence-corrected chi connectivity index (χ4v) is 1.04. The number of amides is 2. The lowest BCUT2D eigenvalue weighted by molar-refractivity contribution is -0.139. The molecule has 4 N–H and O–H groups in total. The average Bonchev–Trinajstić information content (AvgIpc) is 2.13. The van der Waals surface area contributed by atoms with E-state index in [1.54, 1.807) is 0 Å². The molecule has 0 aliphatic carbocycles. The van der Waals surface area contributed by atoms with Crippen LogP contribution in [0.15, 0.2) is 0 Å². The van der Waals surface area contributed by atoms with Crippen LogP contribution in [0.25, 0.3) is 0 Å². The molecule has 1 atom stereocenters. The summed E-state index contributed by atoms with van der Waals surface area (Å²) in [5.41, 5.74) is 5.13. The van der Waals surface area contributed by atoms with Gasteiger partial charge in [-0.2, -0.15) is 0 Å². The highest BCUT2D eigenvalue weighted by Gasteiger charge is 2.11. The molecule has 0 aliphatic heterocycles. The molecule has 14 heavy (non-hydrogen) atoms. The van der Waals surface area contributed by atoms with Crippen LogP contribution in [0.2, 0.25) is 0 Å². The summed E-state index contributed by atoms with van der Waals surface area (Å²) in [5.74, 6) is -1.09. The Labute approximate surface area is 85.1 Å². The smallest absolute Gasteiger partial charge is 0.309 e. The largest absolute Gasteiger partial charge is 0.347 e. The third kappa shape index (κ3) is 6.55. The number of carbonyl (C=O) groups excluding carboxylic acids is 2. The topological polar surface area (TPSA) is 101 Å². The van der Waals surface area contributed by atoms with Gasteiger partial charge in [0.15, 0.2) is 0 Å². The van der Waals surface area contributed by atoms with Crippen molar-refractivity contribution in [3.05, 3.63) is 0 Å². The van der Waals surface area contributed by atoms with E-state index in [4.69, 9.17) is 5.73 Å². The summed E-state index contributed by atoms with van der Waals surface area (Å²) in [6.45, 7) is 0.794. The van der Waals surface area contributed by atoms with Crippen LogP contribution in [0, 0.1) is 0 Å². The second-order valence-corrected chi connectivity index (χ2v) is 4.13. The van der Waals surface area contributed by atoms with Crippen molar-refractivity contribution in [3.63, 3.8) is 0 Å². The minimum Gasteiger partial charge on any atom is -0.347 e. The lowest BCUT2D eigenvalue weighted by atomic mass is 10.5. The molecule has 0 aliphatic rings. The molecule has 2 amide bonds. The molecule has 0 spiro atoms. The number of carbonyl (C=O) groups is 2. The zero-order valence-electron chi connectivity index (χ0n) is 8.04.